The Labute approximate surface area is 374 Å². The summed E-state index contributed by atoms with van der Waals surface area (Å²) in [6.45, 7) is 9.47. The summed E-state index contributed by atoms with van der Waals surface area (Å²) in [4.78, 5) is 57.6. The molecule has 5 aliphatic heterocycles. The molecule has 10 rings (SSSR count). The van der Waals surface area contributed by atoms with Gasteiger partial charge in [0.25, 0.3) is 5.91 Å². The highest BCUT2D eigenvalue weighted by Crippen LogP contribution is 2.68. The van der Waals surface area contributed by atoms with E-state index in [0.29, 0.717) is 42.7 Å². The number of aromatic nitrogens is 2. The average molecular weight is 869 g/mol. The number of aliphatic hydroxyl groups is 1. The van der Waals surface area contributed by atoms with Crippen molar-refractivity contribution in [3.05, 3.63) is 113 Å². The minimum absolute atomic E-state index is 0.0261. The summed E-state index contributed by atoms with van der Waals surface area (Å²) in [5.41, 5.74) is 2.43. The second kappa shape index (κ2) is 15.6. The number of benzene rings is 2. The van der Waals surface area contributed by atoms with Crippen molar-refractivity contribution in [3.8, 4) is 5.75 Å². The van der Waals surface area contributed by atoms with Gasteiger partial charge in [0.15, 0.2) is 0 Å². The summed E-state index contributed by atoms with van der Waals surface area (Å²) in [5, 5.41) is 18.1. The molecule has 2 aromatic carbocycles. The number of rotatable bonds is 9. The smallest absolute Gasteiger partial charge is 0.322 e. The van der Waals surface area contributed by atoms with Gasteiger partial charge in [0.1, 0.15) is 22.9 Å². The van der Waals surface area contributed by atoms with Gasteiger partial charge in [-0.2, -0.15) is 0 Å². The van der Waals surface area contributed by atoms with Gasteiger partial charge < -0.3 is 34.5 Å². The Balaban J connectivity index is 1.24. The molecule has 2 fully saturated rings. The molecule has 13 nitrogen and oxygen atoms in total. The summed E-state index contributed by atoms with van der Waals surface area (Å²) < 4.78 is 18.9. The van der Waals surface area contributed by atoms with Gasteiger partial charge in [-0.25, -0.2) is 0 Å². The van der Waals surface area contributed by atoms with Crippen LogP contribution >= 0.6 is 0 Å². The number of pyridine rings is 1. The molecule has 336 valence electrons. The fraction of sp³-hybridized carbons (Fsp3) is 0.490. The number of nitrogens with zero attached hydrogens (tertiary/aromatic N) is 4. The number of amides is 1. The molecule has 2 aromatic heterocycles. The second-order valence-electron chi connectivity index (χ2n) is 19.1. The normalized spacial score (nSPS) is 32.5. The Morgan fingerprint density at radius 3 is 2.56 bits per heavy atom. The van der Waals surface area contributed by atoms with Gasteiger partial charge in [0, 0.05) is 109 Å². The number of hydrogen-bond donors (Lipinski definition) is 3. The van der Waals surface area contributed by atoms with Crippen LogP contribution in [0.4, 0.5) is 5.69 Å². The fourth-order valence-corrected chi connectivity index (χ4v) is 13.8. The van der Waals surface area contributed by atoms with Gasteiger partial charge >= 0.3 is 11.9 Å². The predicted octanol–water partition coefficient (Wildman–Crippen LogP) is 5.45. The number of fused-ring (bicyclic) bond motifs is 6. The highest BCUT2D eigenvalue weighted by Gasteiger charge is 2.78. The highest BCUT2D eigenvalue weighted by atomic mass is 16.6. The lowest BCUT2D eigenvalue weighted by atomic mass is 9.47. The van der Waals surface area contributed by atoms with E-state index in [0.717, 1.165) is 72.4 Å². The molecule has 2 unspecified atom stereocenters. The number of para-hydroxylation sites is 1. The quantitative estimate of drug-likeness (QED) is 0.146. The van der Waals surface area contributed by atoms with Crippen LogP contribution in [0, 0.1) is 11.3 Å². The van der Waals surface area contributed by atoms with E-state index in [-0.39, 0.29) is 30.4 Å². The van der Waals surface area contributed by atoms with Crippen molar-refractivity contribution in [1.82, 2.24) is 25.1 Å². The lowest BCUT2D eigenvalue weighted by molar-refractivity contribution is -0.216. The Morgan fingerprint density at radius 1 is 1.03 bits per heavy atom. The van der Waals surface area contributed by atoms with Crippen LogP contribution < -0.4 is 15.0 Å². The third-order valence-corrected chi connectivity index (χ3v) is 16.1. The molecule has 2 bridgehead atoms. The number of ether oxygens (including phenoxy) is 3. The number of aromatic amines is 1. The van der Waals surface area contributed by atoms with Crippen molar-refractivity contribution in [1.29, 1.82) is 0 Å². The van der Waals surface area contributed by atoms with E-state index >= 15 is 4.79 Å². The predicted molar refractivity (Wildman–Crippen MR) is 243 cm³/mol. The molecule has 9 atom stereocenters. The molecule has 1 saturated carbocycles. The van der Waals surface area contributed by atoms with Crippen molar-refractivity contribution < 1.29 is 33.7 Å². The Hall–Kier alpha value is -5.50. The first-order chi connectivity index (χ1) is 30.9. The number of carbonyl (C=O) groups is 3. The molecule has 1 amide bonds. The maximum Gasteiger partial charge on any atom is 0.322 e. The number of likely N-dealkylation sites (N-methyl/N-ethyl adjacent to an activating group) is 1. The Kier molecular flexibility index (Phi) is 10.3. The van der Waals surface area contributed by atoms with E-state index in [1.165, 1.54) is 19.6 Å². The van der Waals surface area contributed by atoms with Gasteiger partial charge in [0.2, 0.25) is 0 Å². The second-order valence-corrected chi connectivity index (χ2v) is 19.1. The molecule has 13 heteroatoms. The summed E-state index contributed by atoms with van der Waals surface area (Å²) in [6, 6.07) is 14.9. The first-order valence-electron chi connectivity index (χ1n) is 23.0. The number of H-pyrrole nitrogens is 1. The summed E-state index contributed by atoms with van der Waals surface area (Å²) >= 11 is 0. The molecule has 1 aliphatic carbocycles. The number of carbonyl (C=O) groups excluding carboxylic acids is 3. The average Bonchev–Trinajstić information content (AvgIpc) is 3.98. The molecule has 6 aliphatic rings. The lowest BCUT2D eigenvalue weighted by Crippen LogP contribution is -2.81. The summed E-state index contributed by atoms with van der Waals surface area (Å²) in [7, 11) is 5.12. The van der Waals surface area contributed by atoms with Gasteiger partial charge in [-0.3, -0.25) is 29.2 Å². The van der Waals surface area contributed by atoms with E-state index in [1.807, 2.05) is 19.2 Å². The van der Waals surface area contributed by atoms with Gasteiger partial charge in [-0.1, -0.05) is 55.8 Å². The number of esters is 2. The fourth-order valence-electron chi connectivity index (χ4n) is 13.8. The molecule has 64 heavy (non-hydrogen) atoms. The minimum atomic E-state index is -1.81. The van der Waals surface area contributed by atoms with Crippen LogP contribution in [0.25, 0.3) is 10.9 Å². The first-order valence-corrected chi connectivity index (χ1v) is 23.0. The third kappa shape index (κ3) is 5.92. The van der Waals surface area contributed by atoms with Crippen molar-refractivity contribution in [3.63, 3.8) is 0 Å². The van der Waals surface area contributed by atoms with Crippen molar-refractivity contribution >= 4 is 34.4 Å². The summed E-state index contributed by atoms with van der Waals surface area (Å²) in [6.07, 6.45) is 12.1. The number of nitrogens with one attached hydrogen (secondary N) is 2. The highest BCUT2D eigenvalue weighted by molar-refractivity contribution is 5.95. The van der Waals surface area contributed by atoms with Gasteiger partial charge in [-0.05, 0) is 80.0 Å². The molecule has 3 N–H and O–H groups in total. The lowest BCUT2D eigenvalue weighted by Gasteiger charge is -2.64. The number of anilines is 1. The van der Waals surface area contributed by atoms with E-state index in [9.17, 15) is 14.7 Å². The van der Waals surface area contributed by atoms with Crippen LogP contribution in [0.1, 0.15) is 79.2 Å². The van der Waals surface area contributed by atoms with Crippen molar-refractivity contribution in [2.75, 3.05) is 65.4 Å². The largest absolute Gasteiger partial charge is 0.496 e. The summed E-state index contributed by atoms with van der Waals surface area (Å²) in [5.74, 6) is -0.684. The van der Waals surface area contributed by atoms with E-state index in [4.69, 9.17) is 14.2 Å². The molecule has 1 saturated heterocycles. The zero-order valence-corrected chi connectivity index (χ0v) is 37.8. The van der Waals surface area contributed by atoms with Crippen LogP contribution in [-0.2, 0) is 36.3 Å². The van der Waals surface area contributed by atoms with E-state index < -0.39 is 40.0 Å². The van der Waals surface area contributed by atoms with Crippen molar-refractivity contribution in [2.24, 2.45) is 11.3 Å². The molecule has 1 spiro atoms. The van der Waals surface area contributed by atoms with Crippen LogP contribution in [0.2, 0.25) is 0 Å². The maximum absolute atomic E-state index is 15.4. The first kappa shape index (κ1) is 42.5. The topological polar surface area (TPSA) is 150 Å². The molecule has 4 aromatic rings. The third-order valence-electron chi connectivity index (χ3n) is 16.1. The minimum Gasteiger partial charge on any atom is -0.496 e. The Morgan fingerprint density at radius 2 is 1.83 bits per heavy atom. The van der Waals surface area contributed by atoms with Gasteiger partial charge in [0.05, 0.1) is 26.8 Å². The monoisotopic (exact) mass is 868 g/mol. The van der Waals surface area contributed by atoms with Crippen molar-refractivity contribution in [2.45, 2.75) is 87.5 Å². The molecule has 0 radical (unpaired) electrons. The zero-order chi connectivity index (χ0) is 44.8. The van der Waals surface area contributed by atoms with Crippen LogP contribution in [-0.4, -0.2) is 127 Å². The Bertz CT molecular complexity index is 2590. The standard InChI is InChI=1S/C51H60N6O7/c1-7-32-24-33-27-50(47(60)63-6,42-36(16-22-56(28-32)29-33)35-12-9-10-13-39(35)54-42)38-25-37-40(26-41(38)62-5)55(4)45-49(37)18-23-57-21-11-17-48(8-2,44(49)57)46(64-31(3)58)51(45,61)30-53-43(59)34-14-19-52-20-15-34/h9-15,17,19-20,24-26,33,44-46,54,61H,7-8,16,18,21-23,27-30H2,1-6H3,(H,53,59)/t33-,44?,45+,46+,48+,49+,50-,51-/m0/s1. The van der Waals surface area contributed by atoms with Gasteiger partial charge in [-0.15, -0.1) is 0 Å². The molecular weight excluding hydrogens is 809 g/mol. The van der Waals surface area contributed by atoms with E-state index in [2.05, 4.69) is 86.3 Å². The SMILES string of the molecule is CCC1=C[C@@H]2CN(CCc3c([nH]c4ccccc34)[C@@](C(=O)OC)(c3cc4c(cc3OC)N(C)[C@H]3[C@@](O)(CNC(=O)c5ccncc5)[C@H](OC(C)=O)[C@]5(CC)C=CCN6CC[C@]43C65)C2)C1. The van der Waals surface area contributed by atoms with Crippen LogP contribution in [0.15, 0.2) is 84.7 Å². The van der Waals surface area contributed by atoms with E-state index in [1.54, 1.807) is 31.6 Å². The number of hydrogen-bond acceptors (Lipinski definition) is 11. The number of methoxy groups -OCH3 is 2. The van der Waals surface area contributed by atoms with Crippen LogP contribution in [0.5, 0.6) is 5.75 Å². The molecular formula is C51H60N6O7. The zero-order valence-electron chi connectivity index (χ0n) is 37.8. The molecule has 7 heterocycles. The van der Waals surface area contributed by atoms with Crippen LogP contribution in [0.3, 0.4) is 0 Å². The maximum atomic E-state index is 15.4.